The second kappa shape index (κ2) is 5.04. The number of carbonyl (C=O) groups excluding carboxylic acids is 2. The molecule has 8 heteroatoms. The Morgan fingerprint density at radius 3 is 2.61 bits per heavy atom. The number of hydrogen-bond acceptors (Lipinski definition) is 6. The van der Waals surface area contributed by atoms with E-state index in [1.165, 1.54) is 6.92 Å². The summed E-state index contributed by atoms with van der Waals surface area (Å²) in [4.78, 5) is 23.0. The van der Waals surface area contributed by atoms with Gasteiger partial charge in [0, 0.05) is 18.8 Å². The highest BCUT2D eigenvalue weighted by molar-refractivity contribution is 8.01. The Morgan fingerprint density at radius 1 is 1.56 bits per heavy atom. The molecule has 0 aromatic rings. The van der Waals surface area contributed by atoms with E-state index in [9.17, 15) is 14.7 Å². The van der Waals surface area contributed by atoms with Gasteiger partial charge in [-0.25, -0.2) is 0 Å². The quantitative estimate of drug-likeness (QED) is 0.382. The van der Waals surface area contributed by atoms with E-state index in [1.807, 2.05) is 0 Å². The SMILES string of the molecule is C[C@@H](O)[C@H](NC(=O)[C@@H]1CSC2(CNC2)N1)C(N)=O. The maximum atomic E-state index is 12.0. The molecule has 102 valence electrons. The number of nitrogens with one attached hydrogen (secondary N) is 3. The molecular formula is C10H18N4O3S. The molecular weight excluding hydrogens is 256 g/mol. The number of aliphatic hydroxyl groups excluding tert-OH is 1. The second-order valence-corrected chi connectivity index (χ2v) is 6.14. The van der Waals surface area contributed by atoms with Crippen LogP contribution in [0.1, 0.15) is 6.92 Å². The third-order valence-corrected chi connectivity index (χ3v) is 4.65. The fraction of sp³-hybridized carbons (Fsp3) is 0.800. The molecule has 2 amide bonds. The van der Waals surface area contributed by atoms with Crippen LogP contribution in [0.2, 0.25) is 0 Å². The van der Waals surface area contributed by atoms with E-state index >= 15 is 0 Å². The van der Waals surface area contributed by atoms with Crippen LogP contribution in [0.5, 0.6) is 0 Å². The largest absolute Gasteiger partial charge is 0.391 e. The highest BCUT2D eigenvalue weighted by Crippen LogP contribution is 2.33. The van der Waals surface area contributed by atoms with Gasteiger partial charge < -0.3 is 21.5 Å². The van der Waals surface area contributed by atoms with E-state index in [0.717, 1.165) is 13.1 Å². The average molecular weight is 274 g/mol. The summed E-state index contributed by atoms with van der Waals surface area (Å²) in [6.07, 6.45) is -1.00. The Kier molecular flexibility index (Phi) is 3.81. The van der Waals surface area contributed by atoms with Gasteiger partial charge in [0.25, 0.3) is 0 Å². The zero-order chi connectivity index (χ0) is 13.3. The summed E-state index contributed by atoms with van der Waals surface area (Å²) in [6, 6.07) is -1.39. The topological polar surface area (TPSA) is 116 Å². The molecule has 7 nitrogen and oxygen atoms in total. The van der Waals surface area contributed by atoms with Gasteiger partial charge in [0.2, 0.25) is 11.8 Å². The van der Waals surface area contributed by atoms with E-state index in [0.29, 0.717) is 5.75 Å². The van der Waals surface area contributed by atoms with Crippen LogP contribution in [0.15, 0.2) is 0 Å². The molecule has 0 saturated carbocycles. The van der Waals surface area contributed by atoms with Crippen LogP contribution in [-0.2, 0) is 9.59 Å². The minimum atomic E-state index is -1.04. The lowest BCUT2D eigenvalue weighted by Crippen LogP contribution is -2.66. The van der Waals surface area contributed by atoms with Crippen molar-refractivity contribution in [2.24, 2.45) is 5.73 Å². The third kappa shape index (κ3) is 2.61. The van der Waals surface area contributed by atoms with Crippen LogP contribution in [0.3, 0.4) is 0 Å². The first-order valence-corrected chi connectivity index (χ1v) is 6.82. The molecule has 0 aromatic heterocycles. The van der Waals surface area contributed by atoms with E-state index in [2.05, 4.69) is 16.0 Å². The van der Waals surface area contributed by atoms with Crippen molar-refractivity contribution in [2.45, 2.75) is 30.0 Å². The zero-order valence-electron chi connectivity index (χ0n) is 10.1. The van der Waals surface area contributed by atoms with Gasteiger partial charge in [-0.1, -0.05) is 0 Å². The molecule has 6 N–H and O–H groups in total. The van der Waals surface area contributed by atoms with Crippen LogP contribution in [0.25, 0.3) is 0 Å². The van der Waals surface area contributed by atoms with Gasteiger partial charge in [0.15, 0.2) is 0 Å². The standard InChI is InChI=1S/C10H18N4O3S/c1-5(15)7(8(11)16)13-9(17)6-2-18-10(14-6)3-12-4-10/h5-7,12,14-15H,2-4H2,1H3,(H2,11,16)(H,13,17)/t5-,6+,7+/m1/s1. The molecule has 2 rings (SSSR count). The summed E-state index contributed by atoms with van der Waals surface area (Å²) < 4.78 is 0. The van der Waals surface area contributed by atoms with Gasteiger partial charge in [-0.3, -0.25) is 14.9 Å². The summed E-state index contributed by atoms with van der Waals surface area (Å²) >= 11 is 1.70. The van der Waals surface area contributed by atoms with Crippen molar-refractivity contribution < 1.29 is 14.7 Å². The normalized spacial score (nSPS) is 28.4. The van der Waals surface area contributed by atoms with Gasteiger partial charge >= 0.3 is 0 Å². The first-order valence-electron chi connectivity index (χ1n) is 5.84. The van der Waals surface area contributed by atoms with Crippen molar-refractivity contribution in [1.82, 2.24) is 16.0 Å². The van der Waals surface area contributed by atoms with Gasteiger partial charge in [0.1, 0.15) is 6.04 Å². The second-order valence-electron chi connectivity index (χ2n) is 4.74. The molecule has 2 heterocycles. The van der Waals surface area contributed by atoms with E-state index < -0.39 is 18.1 Å². The van der Waals surface area contributed by atoms with Crippen LogP contribution in [0, 0.1) is 0 Å². The van der Waals surface area contributed by atoms with E-state index in [1.54, 1.807) is 11.8 Å². The van der Waals surface area contributed by atoms with Crippen molar-refractivity contribution in [3.63, 3.8) is 0 Å². The van der Waals surface area contributed by atoms with E-state index in [-0.39, 0.29) is 16.8 Å². The fourth-order valence-electron chi connectivity index (χ4n) is 2.02. The lowest BCUT2D eigenvalue weighted by molar-refractivity contribution is -0.130. The molecule has 0 bridgehead atoms. The molecule has 2 aliphatic heterocycles. The number of aliphatic hydroxyl groups is 1. The number of amides is 2. The maximum Gasteiger partial charge on any atom is 0.242 e. The lowest BCUT2D eigenvalue weighted by atomic mass is 10.1. The summed E-state index contributed by atoms with van der Waals surface area (Å²) in [7, 11) is 0. The van der Waals surface area contributed by atoms with Gasteiger partial charge in [0.05, 0.1) is 17.0 Å². The first kappa shape index (κ1) is 13.6. The van der Waals surface area contributed by atoms with Crippen LogP contribution in [0.4, 0.5) is 0 Å². The number of thioether (sulfide) groups is 1. The van der Waals surface area contributed by atoms with Crippen molar-refractivity contribution in [2.75, 3.05) is 18.8 Å². The van der Waals surface area contributed by atoms with Crippen molar-refractivity contribution >= 4 is 23.6 Å². The number of hydrogen-bond donors (Lipinski definition) is 5. The summed E-state index contributed by atoms with van der Waals surface area (Å²) in [6.45, 7) is 3.08. The predicted molar refractivity (Wildman–Crippen MR) is 67.8 cm³/mol. The number of carbonyl (C=O) groups is 2. The van der Waals surface area contributed by atoms with Crippen LogP contribution in [-0.4, -0.2) is 58.8 Å². The predicted octanol–water partition coefficient (Wildman–Crippen LogP) is -2.66. The molecule has 2 aliphatic rings. The molecule has 0 unspecified atom stereocenters. The van der Waals surface area contributed by atoms with Crippen molar-refractivity contribution in [3.8, 4) is 0 Å². The Hall–Kier alpha value is -0.830. The molecule has 2 fully saturated rings. The maximum absolute atomic E-state index is 12.0. The number of nitrogens with two attached hydrogens (primary N) is 1. The molecule has 3 atom stereocenters. The summed E-state index contributed by atoms with van der Waals surface area (Å²) in [5, 5.41) is 18.3. The highest BCUT2D eigenvalue weighted by Gasteiger charge is 2.46. The molecule has 18 heavy (non-hydrogen) atoms. The monoisotopic (exact) mass is 274 g/mol. The number of rotatable bonds is 4. The van der Waals surface area contributed by atoms with Gasteiger partial charge in [-0.05, 0) is 6.92 Å². The minimum absolute atomic E-state index is 0.0466. The Balaban J connectivity index is 1.90. The summed E-state index contributed by atoms with van der Waals surface area (Å²) in [5.74, 6) is -0.376. The summed E-state index contributed by atoms with van der Waals surface area (Å²) in [5.41, 5.74) is 5.13. The molecule has 0 radical (unpaired) electrons. The third-order valence-electron chi connectivity index (χ3n) is 3.19. The average Bonchev–Trinajstić information content (AvgIpc) is 2.69. The minimum Gasteiger partial charge on any atom is -0.391 e. The Bertz CT molecular complexity index is 359. The molecule has 2 saturated heterocycles. The van der Waals surface area contributed by atoms with Gasteiger partial charge in [-0.2, -0.15) is 0 Å². The smallest absolute Gasteiger partial charge is 0.242 e. The lowest BCUT2D eigenvalue weighted by Gasteiger charge is -2.38. The Morgan fingerprint density at radius 2 is 2.22 bits per heavy atom. The molecule has 0 aliphatic carbocycles. The zero-order valence-corrected chi connectivity index (χ0v) is 10.9. The van der Waals surface area contributed by atoms with Gasteiger partial charge in [-0.15, -0.1) is 11.8 Å². The van der Waals surface area contributed by atoms with E-state index in [4.69, 9.17) is 5.73 Å². The number of primary amides is 1. The fourth-order valence-corrected chi connectivity index (χ4v) is 3.38. The van der Waals surface area contributed by atoms with Crippen molar-refractivity contribution in [1.29, 1.82) is 0 Å². The molecule has 0 aromatic carbocycles. The highest BCUT2D eigenvalue weighted by atomic mass is 32.2. The van der Waals surface area contributed by atoms with Crippen LogP contribution < -0.4 is 21.7 Å². The van der Waals surface area contributed by atoms with Crippen molar-refractivity contribution in [3.05, 3.63) is 0 Å². The molecule has 1 spiro atoms. The Labute approximate surface area is 109 Å². The van der Waals surface area contributed by atoms with Crippen LogP contribution >= 0.6 is 11.8 Å². The first-order chi connectivity index (χ1) is 8.43.